The quantitative estimate of drug-likeness (QED) is 0.0962. The van der Waals surface area contributed by atoms with Crippen LogP contribution in [0, 0.1) is 24.0 Å². The van der Waals surface area contributed by atoms with Gasteiger partial charge in [-0.05, 0) is 85.2 Å². The Morgan fingerprint density at radius 1 is 0.904 bits per heavy atom. The van der Waals surface area contributed by atoms with Crippen LogP contribution in [-0.4, -0.2) is 19.3 Å². The fourth-order valence-electron chi connectivity index (χ4n) is 8.42. The number of nitrogens with zero attached hydrogens (tertiary/aromatic N) is 4. The van der Waals surface area contributed by atoms with Gasteiger partial charge in [-0.25, -0.2) is 4.98 Å². The van der Waals surface area contributed by atoms with E-state index in [9.17, 15) is 0 Å². The van der Waals surface area contributed by atoms with Crippen molar-refractivity contribution in [3.63, 3.8) is 0 Å². The summed E-state index contributed by atoms with van der Waals surface area (Å²) in [5.41, 5.74) is 10.9. The van der Waals surface area contributed by atoms with E-state index in [4.69, 9.17) is 14.8 Å². The molecule has 0 radical (unpaired) electrons. The molecule has 5 nitrogen and oxygen atoms in total. The molecule has 52 heavy (non-hydrogen) atoms. The average Bonchev–Trinajstić information content (AvgIpc) is 3.63. The predicted octanol–water partition coefficient (Wildman–Crippen LogP) is 12.1. The topological polar surface area (TPSA) is 44.9 Å². The molecule has 272 valence electrons. The van der Waals surface area contributed by atoms with Crippen molar-refractivity contribution >= 4 is 21.8 Å². The molecule has 3 heterocycles. The fourth-order valence-corrected chi connectivity index (χ4v) is 8.42. The molecule has 0 N–H and O–H groups in total. The summed E-state index contributed by atoms with van der Waals surface area (Å²) < 4.78 is 11.1. The molecule has 3 atom stereocenters. The Labute approximate surface area is 324 Å². The van der Waals surface area contributed by atoms with Gasteiger partial charge < -0.3 is 9.30 Å². The Hall–Kier alpha value is -3.95. The number of rotatable bonds is 11. The van der Waals surface area contributed by atoms with Gasteiger partial charge in [0.25, 0.3) is 0 Å². The molecule has 0 aliphatic heterocycles. The molecule has 0 spiro atoms. The smallest absolute Gasteiger partial charge is 0.509 e. The third-order valence-electron chi connectivity index (χ3n) is 10.7. The van der Waals surface area contributed by atoms with Crippen molar-refractivity contribution in [3.05, 3.63) is 119 Å². The molecule has 0 saturated heterocycles. The van der Waals surface area contributed by atoms with Gasteiger partial charge in [-0.1, -0.05) is 96.7 Å². The summed E-state index contributed by atoms with van der Waals surface area (Å²) in [6.45, 7) is 18.3. The van der Waals surface area contributed by atoms with E-state index < -0.39 is 0 Å². The molecular formula is C46H52N4OPt. The molecule has 0 fully saturated rings. The van der Waals surface area contributed by atoms with Crippen molar-refractivity contribution in [2.75, 3.05) is 0 Å². The first-order valence-corrected chi connectivity index (χ1v) is 19.2. The number of hydrogen-bond acceptors (Lipinski definition) is 3. The molecule has 3 aromatic carbocycles. The second-order valence-corrected chi connectivity index (χ2v) is 15.0. The van der Waals surface area contributed by atoms with E-state index in [1.165, 1.54) is 45.5 Å². The van der Waals surface area contributed by atoms with Crippen LogP contribution in [0.2, 0.25) is 0 Å². The van der Waals surface area contributed by atoms with Gasteiger partial charge in [0.1, 0.15) is 5.82 Å². The van der Waals surface area contributed by atoms with E-state index in [-0.39, 0.29) is 21.1 Å². The maximum atomic E-state index is 6.72. The van der Waals surface area contributed by atoms with Crippen molar-refractivity contribution in [1.82, 2.24) is 19.3 Å². The maximum absolute atomic E-state index is 6.72. The first kappa shape index (κ1) is 37.8. The SMILES string of the molecule is CCCc1nn(-c2[c-]c(Oc3[c-]c4c(cc3)c3ccccc3n4-c3cc(CC)ccn3)cc(C(C)C)c2)c(CCC)c1C1C(C)=C[C@H](C)C[C@@H]1C.[Pt+2]. The zero-order valence-corrected chi connectivity index (χ0v) is 34.3. The molecule has 0 bridgehead atoms. The first-order chi connectivity index (χ1) is 24.7. The second-order valence-electron chi connectivity index (χ2n) is 15.0. The Bertz CT molecular complexity index is 2220. The van der Waals surface area contributed by atoms with Crippen LogP contribution in [-0.2, 0) is 40.3 Å². The van der Waals surface area contributed by atoms with Crippen molar-refractivity contribution < 1.29 is 25.8 Å². The minimum Gasteiger partial charge on any atom is -0.509 e. The third kappa shape index (κ3) is 7.18. The zero-order chi connectivity index (χ0) is 35.8. The standard InChI is InChI=1S/C46H52N4O.Pt/c1-9-14-40-46(45-31(7)22-30(6)23-32(45)8)42(15-10-2)50(48-40)35-25-34(29(4)5)26-37(27-35)51-36-18-19-39-38-16-12-13-17-41(38)49(43(39)28-36)44-24-33(11-3)20-21-47-44;/h12-13,16-22,24-26,29-30,32,45H,9-11,14-15,23H2,1-8H3;/q-2;+2/t30-,32-,45?;/m0./s1. The summed E-state index contributed by atoms with van der Waals surface area (Å²) in [5.74, 6) is 4.08. The van der Waals surface area contributed by atoms with Crippen LogP contribution in [0.4, 0.5) is 0 Å². The summed E-state index contributed by atoms with van der Waals surface area (Å²) >= 11 is 0. The minimum atomic E-state index is 0. The van der Waals surface area contributed by atoms with Crippen molar-refractivity contribution in [1.29, 1.82) is 0 Å². The van der Waals surface area contributed by atoms with Crippen LogP contribution in [0.15, 0.2) is 78.5 Å². The minimum absolute atomic E-state index is 0. The second kappa shape index (κ2) is 16.0. The summed E-state index contributed by atoms with van der Waals surface area (Å²) in [6, 6.07) is 28.6. The Balaban J connectivity index is 0.00000464. The van der Waals surface area contributed by atoms with Gasteiger partial charge in [0.2, 0.25) is 0 Å². The van der Waals surface area contributed by atoms with Crippen LogP contribution in [0.3, 0.4) is 0 Å². The maximum Gasteiger partial charge on any atom is 2.00 e. The molecule has 1 unspecified atom stereocenters. The summed E-state index contributed by atoms with van der Waals surface area (Å²) in [4.78, 5) is 4.79. The van der Waals surface area contributed by atoms with Crippen LogP contribution < -0.4 is 4.74 Å². The van der Waals surface area contributed by atoms with Gasteiger partial charge in [0.15, 0.2) is 0 Å². The molecule has 7 rings (SSSR count). The normalized spacial score (nSPS) is 17.5. The molecule has 6 aromatic rings. The summed E-state index contributed by atoms with van der Waals surface area (Å²) in [7, 11) is 0. The van der Waals surface area contributed by atoms with Gasteiger partial charge in [0.05, 0.1) is 5.69 Å². The number of ether oxygens (including phenoxy) is 1. The molecule has 0 saturated carbocycles. The third-order valence-corrected chi connectivity index (χ3v) is 10.7. The van der Waals surface area contributed by atoms with Crippen LogP contribution in [0.1, 0.15) is 115 Å². The number of benzene rings is 3. The Morgan fingerprint density at radius 2 is 1.69 bits per heavy atom. The zero-order valence-electron chi connectivity index (χ0n) is 32.0. The van der Waals surface area contributed by atoms with E-state index >= 15 is 0 Å². The van der Waals surface area contributed by atoms with E-state index in [0.29, 0.717) is 35.2 Å². The number of hydrogen-bond donors (Lipinski definition) is 0. The number of para-hydroxylation sites is 1. The van der Waals surface area contributed by atoms with Gasteiger partial charge in [-0.3, -0.25) is 4.68 Å². The van der Waals surface area contributed by atoms with Crippen molar-refractivity contribution in [3.8, 4) is 23.0 Å². The van der Waals surface area contributed by atoms with E-state index in [2.05, 4.69) is 137 Å². The van der Waals surface area contributed by atoms with Gasteiger partial charge in [-0.15, -0.1) is 41.3 Å². The van der Waals surface area contributed by atoms with Crippen molar-refractivity contribution in [2.45, 2.75) is 106 Å². The molecule has 6 heteroatoms. The first-order valence-electron chi connectivity index (χ1n) is 19.2. The fraction of sp³-hybridized carbons (Fsp3) is 0.391. The molecular weight excluding hydrogens is 820 g/mol. The van der Waals surface area contributed by atoms with E-state index in [1.807, 2.05) is 12.3 Å². The van der Waals surface area contributed by atoms with Crippen LogP contribution in [0.25, 0.3) is 33.3 Å². The Morgan fingerprint density at radius 3 is 2.42 bits per heavy atom. The number of aromatic nitrogens is 4. The number of allylic oxidation sites excluding steroid dienone is 2. The Kier molecular flexibility index (Phi) is 11.6. The van der Waals surface area contributed by atoms with E-state index in [1.54, 1.807) is 0 Å². The van der Waals surface area contributed by atoms with E-state index in [0.717, 1.165) is 60.0 Å². The number of pyridine rings is 1. The molecule has 3 aromatic heterocycles. The van der Waals surface area contributed by atoms with Crippen molar-refractivity contribution in [2.24, 2.45) is 11.8 Å². The molecule has 1 aliphatic carbocycles. The molecule has 1 aliphatic rings. The predicted molar refractivity (Wildman–Crippen MR) is 211 cm³/mol. The monoisotopic (exact) mass is 871 g/mol. The van der Waals surface area contributed by atoms with Gasteiger partial charge >= 0.3 is 21.1 Å². The largest absolute Gasteiger partial charge is 2.00 e. The van der Waals surface area contributed by atoms with Crippen LogP contribution in [0.5, 0.6) is 11.5 Å². The van der Waals surface area contributed by atoms with Crippen LogP contribution >= 0.6 is 0 Å². The summed E-state index contributed by atoms with van der Waals surface area (Å²) in [5, 5.41) is 7.70. The molecule has 0 amide bonds. The number of fused-ring (bicyclic) bond motifs is 3. The average molecular weight is 872 g/mol. The number of aryl methyl sites for hydroxylation is 2. The summed E-state index contributed by atoms with van der Waals surface area (Å²) in [6.07, 6.45) is 10.6. The van der Waals surface area contributed by atoms with Gasteiger partial charge in [-0.2, -0.15) is 11.2 Å². The van der Waals surface area contributed by atoms with Gasteiger partial charge in [0, 0.05) is 40.4 Å².